The monoisotopic (exact) mass is 410 g/mol. The van der Waals surface area contributed by atoms with E-state index in [-0.39, 0.29) is 0 Å². The smallest absolute Gasteiger partial charge is 0.157 e. The average molecular weight is 411 g/mol. The van der Waals surface area contributed by atoms with Crippen LogP contribution in [0.4, 0.5) is 5.69 Å². The van der Waals surface area contributed by atoms with E-state index in [2.05, 4.69) is 64.1 Å². The van der Waals surface area contributed by atoms with Crippen LogP contribution < -0.4 is 4.90 Å². The summed E-state index contributed by atoms with van der Waals surface area (Å²) < 4.78 is 0. The van der Waals surface area contributed by atoms with E-state index in [9.17, 15) is 0 Å². The zero-order valence-corrected chi connectivity index (χ0v) is 17.9. The maximum absolute atomic E-state index is 6.25. The van der Waals surface area contributed by atoms with E-state index in [1.54, 1.807) is 0 Å². The molecule has 29 heavy (non-hydrogen) atoms. The van der Waals surface area contributed by atoms with Crippen molar-refractivity contribution < 1.29 is 0 Å². The molecular weight excluding hydrogens is 384 g/mol. The lowest BCUT2D eigenvalue weighted by Crippen LogP contribution is -2.28. The van der Waals surface area contributed by atoms with Crippen LogP contribution in [0.2, 0.25) is 5.02 Å². The average Bonchev–Trinajstić information content (AvgIpc) is 3.35. The first-order chi connectivity index (χ1) is 14.1. The van der Waals surface area contributed by atoms with Gasteiger partial charge in [0.2, 0.25) is 0 Å². The number of benzene rings is 2. The van der Waals surface area contributed by atoms with Crippen molar-refractivity contribution in [3.8, 4) is 11.5 Å². The maximum atomic E-state index is 6.25. The molecule has 2 heterocycles. The van der Waals surface area contributed by atoms with Crippen molar-refractivity contribution in [1.29, 1.82) is 0 Å². The quantitative estimate of drug-likeness (QED) is 0.432. The highest BCUT2D eigenvalue weighted by molar-refractivity contribution is 6.35. The van der Waals surface area contributed by atoms with Gasteiger partial charge in [-0.3, -0.25) is 5.10 Å². The van der Waals surface area contributed by atoms with Crippen molar-refractivity contribution in [2.45, 2.75) is 20.3 Å². The summed E-state index contributed by atoms with van der Waals surface area (Å²) in [4.78, 5) is 12.9. The molecule has 7 heteroatoms. The number of H-pyrrole nitrogens is 2. The topological polar surface area (TPSA) is 63.8 Å². The highest BCUT2D eigenvalue weighted by Crippen LogP contribution is 2.30. The number of fused-ring (bicyclic) bond motifs is 2. The molecule has 0 aliphatic rings. The van der Waals surface area contributed by atoms with E-state index in [0.717, 1.165) is 66.1 Å². The molecule has 2 N–H and O–H groups in total. The third-order valence-electron chi connectivity index (χ3n) is 5.54. The van der Waals surface area contributed by atoms with Crippen molar-refractivity contribution in [3.63, 3.8) is 0 Å². The second kappa shape index (κ2) is 8.43. The Morgan fingerprint density at radius 2 is 1.90 bits per heavy atom. The number of hydrogen-bond acceptors (Lipinski definition) is 4. The van der Waals surface area contributed by atoms with E-state index in [1.165, 1.54) is 5.69 Å². The number of rotatable bonds is 8. The van der Waals surface area contributed by atoms with Gasteiger partial charge in [-0.25, -0.2) is 4.98 Å². The lowest BCUT2D eigenvalue weighted by Gasteiger charge is -2.22. The molecular formula is C22H27ClN6. The molecule has 0 saturated heterocycles. The first kappa shape index (κ1) is 19.7. The molecule has 2 aromatic heterocycles. The summed E-state index contributed by atoms with van der Waals surface area (Å²) >= 11 is 6.25. The van der Waals surface area contributed by atoms with Crippen LogP contribution in [0.3, 0.4) is 0 Å². The Labute approximate surface area is 175 Å². The van der Waals surface area contributed by atoms with Gasteiger partial charge in [0.25, 0.3) is 0 Å². The molecule has 2 aromatic carbocycles. The standard InChI is InChI=1S/C22H27ClN6/c1-4-29(5-2)13-7-12-28(3)15-10-11-18-19(14-15)25-22(24-18)21-16-8-6-9-17(23)20(16)26-27-21/h6,8-11,14H,4-5,7,12-13H2,1-3H3,(H,24,25)(H,26,27). The molecule has 0 unspecified atom stereocenters. The highest BCUT2D eigenvalue weighted by atomic mass is 35.5. The third-order valence-corrected chi connectivity index (χ3v) is 5.85. The van der Waals surface area contributed by atoms with Crippen molar-refractivity contribution in [3.05, 3.63) is 41.4 Å². The number of halogens is 1. The summed E-state index contributed by atoms with van der Waals surface area (Å²) in [6, 6.07) is 12.1. The number of para-hydroxylation sites is 1. The molecule has 6 nitrogen and oxygen atoms in total. The minimum absolute atomic E-state index is 0.634. The van der Waals surface area contributed by atoms with Gasteiger partial charge < -0.3 is 14.8 Å². The van der Waals surface area contributed by atoms with Crippen LogP contribution in [0.1, 0.15) is 20.3 Å². The van der Waals surface area contributed by atoms with Gasteiger partial charge >= 0.3 is 0 Å². The third kappa shape index (κ3) is 3.95. The van der Waals surface area contributed by atoms with Crippen molar-refractivity contribution in [2.75, 3.05) is 38.1 Å². The van der Waals surface area contributed by atoms with Crippen molar-refractivity contribution in [2.24, 2.45) is 0 Å². The van der Waals surface area contributed by atoms with Crippen LogP contribution in [0.15, 0.2) is 36.4 Å². The fourth-order valence-corrected chi connectivity index (χ4v) is 3.95. The Balaban J connectivity index is 1.55. The Hall–Kier alpha value is -2.57. The number of aromatic nitrogens is 4. The Bertz CT molecular complexity index is 1110. The molecule has 0 atom stereocenters. The number of imidazole rings is 1. The van der Waals surface area contributed by atoms with E-state index in [4.69, 9.17) is 16.6 Å². The van der Waals surface area contributed by atoms with Crippen LogP contribution in [0.5, 0.6) is 0 Å². The summed E-state index contributed by atoms with van der Waals surface area (Å²) in [7, 11) is 2.14. The van der Waals surface area contributed by atoms with E-state index in [1.807, 2.05) is 18.2 Å². The Morgan fingerprint density at radius 1 is 1.07 bits per heavy atom. The molecule has 0 fully saturated rings. The van der Waals surface area contributed by atoms with Gasteiger partial charge in [-0.05, 0) is 50.3 Å². The molecule has 0 radical (unpaired) electrons. The van der Waals surface area contributed by atoms with Crippen LogP contribution >= 0.6 is 11.6 Å². The fourth-order valence-electron chi connectivity index (χ4n) is 3.74. The van der Waals surface area contributed by atoms with Gasteiger partial charge in [-0.15, -0.1) is 0 Å². The summed E-state index contributed by atoms with van der Waals surface area (Å²) in [5, 5.41) is 9.02. The first-order valence-corrected chi connectivity index (χ1v) is 10.5. The molecule has 152 valence electrons. The van der Waals surface area contributed by atoms with Gasteiger partial charge in [0.1, 0.15) is 11.2 Å². The van der Waals surface area contributed by atoms with Gasteiger partial charge in [0, 0.05) is 24.7 Å². The van der Waals surface area contributed by atoms with Crippen LogP contribution in [0, 0.1) is 0 Å². The number of hydrogen-bond donors (Lipinski definition) is 2. The lowest BCUT2D eigenvalue weighted by atomic mass is 10.2. The number of aromatic amines is 2. The summed E-state index contributed by atoms with van der Waals surface area (Å²) in [6.45, 7) is 8.80. The molecule has 4 aromatic rings. The largest absolute Gasteiger partial charge is 0.374 e. The molecule has 4 rings (SSSR count). The number of nitrogens with one attached hydrogen (secondary N) is 2. The molecule has 0 aliphatic heterocycles. The van der Waals surface area contributed by atoms with Crippen molar-refractivity contribution >= 4 is 39.2 Å². The Morgan fingerprint density at radius 3 is 2.69 bits per heavy atom. The van der Waals surface area contributed by atoms with Crippen molar-refractivity contribution in [1.82, 2.24) is 25.1 Å². The number of anilines is 1. The molecule has 0 spiro atoms. The predicted octanol–water partition coefficient (Wildman–Crippen LogP) is 4.93. The fraction of sp³-hybridized carbons (Fsp3) is 0.364. The second-order valence-corrected chi connectivity index (χ2v) is 7.73. The van der Waals surface area contributed by atoms with Crippen LogP contribution in [-0.4, -0.2) is 58.3 Å². The van der Waals surface area contributed by atoms with E-state index >= 15 is 0 Å². The highest BCUT2D eigenvalue weighted by Gasteiger charge is 2.14. The zero-order valence-electron chi connectivity index (χ0n) is 17.2. The predicted molar refractivity (Wildman–Crippen MR) is 122 cm³/mol. The lowest BCUT2D eigenvalue weighted by molar-refractivity contribution is 0.301. The SMILES string of the molecule is CCN(CC)CCCN(C)c1ccc2nc(-c3[nH]nc4c(Cl)cccc34)[nH]c2c1. The maximum Gasteiger partial charge on any atom is 0.157 e. The molecule has 0 bridgehead atoms. The van der Waals surface area contributed by atoms with Gasteiger partial charge in [-0.2, -0.15) is 5.10 Å². The number of nitrogens with zero attached hydrogens (tertiary/aromatic N) is 4. The summed E-state index contributed by atoms with van der Waals surface area (Å²) in [6.07, 6.45) is 1.14. The molecule has 0 amide bonds. The Kier molecular flexibility index (Phi) is 5.74. The van der Waals surface area contributed by atoms with Gasteiger partial charge in [-0.1, -0.05) is 37.6 Å². The minimum Gasteiger partial charge on any atom is -0.374 e. The second-order valence-electron chi connectivity index (χ2n) is 7.32. The van der Waals surface area contributed by atoms with E-state index < -0.39 is 0 Å². The minimum atomic E-state index is 0.634. The molecule has 0 aliphatic carbocycles. The van der Waals surface area contributed by atoms with Gasteiger partial charge in [0.15, 0.2) is 5.82 Å². The van der Waals surface area contributed by atoms with Gasteiger partial charge in [0.05, 0.1) is 16.1 Å². The zero-order chi connectivity index (χ0) is 20.4. The summed E-state index contributed by atoms with van der Waals surface area (Å²) in [5.41, 5.74) is 4.75. The first-order valence-electron chi connectivity index (χ1n) is 10.2. The summed E-state index contributed by atoms with van der Waals surface area (Å²) in [5.74, 6) is 0.770. The van der Waals surface area contributed by atoms with E-state index in [0.29, 0.717) is 5.02 Å². The van der Waals surface area contributed by atoms with Crippen LogP contribution in [0.25, 0.3) is 33.5 Å². The van der Waals surface area contributed by atoms with Crippen LogP contribution in [-0.2, 0) is 0 Å². The molecule has 0 saturated carbocycles. The normalized spacial score (nSPS) is 11.8.